The van der Waals surface area contributed by atoms with Gasteiger partial charge in [-0.05, 0) is 95.1 Å². The highest BCUT2D eigenvalue weighted by Crippen LogP contribution is 2.46. The summed E-state index contributed by atoms with van der Waals surface area (Å²) >= 11 is 0. The molecule has 0 heterocycles. The first-order valence-electron chi connectivity index (χ1n) is 17.5. The third-order valence-electron chi connectivity index (χ3n) is 9.40. The normalized spacial score (nSPS) is 18.2. The highest BCUT2D eigenvalue weighted by atomic mass is 15.2. The van der Waals surface area contributed by atoms with Crippen molar-refractivity contribution in [3.05, 3.63) is 56.5 Å². The Kier molecular flexibility index (Phi) is 15.7. The Bertz CT molecular complexity index is 1270. The molecule has 2 rings (SSSR count). The highest BCUT2D eigenvalue weighted by Gasteiger charge is 2.35. The van der Waals surface area contributed by atoms with E-state index in [-0.39, 0.29) is 22.1 Å². The summed E-state index contributed by atoms with van der Waals surface area (Å²) in [5.41, 5.74) is 6.91. The molecule has 0 spiro atoms. The number of nitriles is 3. The Morgan fingerprint density at radius 1 is 0.688 bits per heavy atom. The molecule has 262 valence electrons. The summed E-state index contributed by atoms with van der Waals surface area (Å²) in [4.78, 5) is 12.4. The van der Waals surface area contributed by atoms with Gasteiger partial charge in [0.1, 0.15) is 17.7 Å². The minimum atomic E-state index is -0.0333. The number of hydrogen-bond donors (Lipinski definition) is 1. The summed E-state index contributed by atoms with van der Waals surface area (Å²) < 4.78 is 0. The first-order chi connectivity index (χ1) is 22.6. The van der Waals surface area contributed by atoms with Gasteiger partial charge in [0, 0.05) is 69.5 Å². The maximum absolute atomic E-state index is 9.81. The van der Waals surface area contributed by atoms with Crippen molar-refractivity contribution in [1.29, 1.82) is 15.8 Å². The number of unbranched alkanes of at least 4 members (excludes halogenated alkanes) is 4. The standard InChI is InChI=1S/C39H61N9/c1-38(2)23-30(36(47(10)21-19-45(6)7)32(24-38)31(27-40)28-41)17-15-13-12-14-16-18-44-34-26-39(3,4)25-33(35(29-42)43-5)37(34)48(11)22-20-46(8)9/h44H,12-26H2,1-4,6-11H3/b35-33+. The zero-order chi connectivity index (χ0) is 36.1. The molecule has 2 aliphatic rings. The quantitative estimate of drug-likeness (QED) is 0.101. The van der Waals surface area contributed by atoms with E-state index < -0.39 is 0 Å². The van der Waals surface area contributed by atoms with Gasteiger partial charge in [-0.2, -0.15) is 10.5 Å². The fourth-order valence-electron chi connectivity index (χ4n) is 7.06. The van der Waals surface area contributed by atoms with Gasteiger partial charge in [-0.1, -0.05) is 47.0 Å². The van der Waals surface area contributed by atoms with Gasteiger partial charge in [-0.3, -0.25) is 0 Å². The molecule has 0 fully saturated rings. The highest BCUT2D eigenvalue weighted by molar-refractivity contribution is 5.52. The van der Waals surface area contributed by atoms with Crippen LogP contribution in [-0.4, -0.2) is 94.6 Å². The van der Waals surface area contributed by atoms with Gasteiger partial charge in [0.15, 0.2) is 0 Å². The molecule has 2 aliphatic carbocycles. The molecule has 9 nitrogen and oxygen atoms in total. The molecule has 0 unspecified atom stereocenters. The lowest BCUT2D eigenvalue weighted by Gasteiger charge is -2.39. The summed E-state index contributed by atoms with van der Waals surface area (Å²) in [7, 11) is 12.4. The minimum absolute atomic E-state index is 0.0146. The number of rotatable bonds is 17. The predicted molar refractivity (Wildman–Crippen MR) is 196 cm³/mol. The number of hydrogen-bond acceptors (Lipinski definition) is 8. The Morgan fingerprint density at radius 2 is 1.21 bits per heavy atom. The number of nitrogens with zero attached hydrogens (tertiary/aromatic N) is 8. The van der Waals surface area contributed by atoms with E-state index in [1.165, 1.54) is 5.57 Å². The Hall–Kier alpha value is -3.76. The van der Waals surface area contributed by atoms with E-state index >= 15 is 0 Å². The maximum Gasteiger partial charge on any atom is 0.267 e. The van der Waals surface area contributed by atoms with Crippen LogP contribution in [0.5, 0.6) is 0 Å². The van der Waals surface area contributed by atoms with E-state index in [0.717, 1.165) is 125 Å². The molecule has 0 saturated carbocycles. The minimum Gasteiger partial charge on any atom is -0.387 e. The van der Waals surface area contributed by atoms with Crippen molar-refractivity contribution in [3.8, 4) is 18.2 Å². The van der Waals surface area contributed by atoms with Gasteiger partial charge in [-0.25, -0.2) is 10.1 Å². The van der Waals surface area contributed by atoms with Crippen molar-refractivity contribution >= 4 is 0 Å². The number of nitrogens with one attached hydrogen (secondary N) is 1. The average molecular weight is 656 g/mol. The molecule has 0 amide bonds. The third kappa shape index (κ3) is 12.0. The molecule has 9 heteroatoms. The second-order valence-electron chi connectivity index (χ2n) is 15.8. The smallest absolute Gasteiger partial charge is 0.267 e. The molecule has 0 aromatic heterocycles. The van der Waals surface area contributed by atoms with Crippen LogP contribution >= 0.6 is 0 Å². The van der Waals surface area contributed by atoms with E-state index in [0.29, 0.717) is 0 Å². The second kappa shape index (κ2) is 18.7. The van der Waals surface area contributed by atoms with Gasteiger partial charge in [-0.15, -0.1) is 0 Å². The molecule has 0 radical (unpaired) electrons. The molecular weight excluding hydrogens is 594 g/mol. The van der Waals surface area contributed by atoms with Crippen LogP contribution in [0.2, 0.25) is 0 Å². The summed E-state index contributed by atoms with van der Waals surface area (Å²) in [6.45, 7) is 20.9. The van der Waals surface area contributed by atoms with E-state index in [1.807, 2.05) is 0 Å². The SMILES string of the molecule is [C-]#[N+]/C(C#N)=C1\CC(C)(C)CC(NCCCCCCCC2=C(N(C)CCN(C)C)C(=C(C#N)C#N)CC(C)(C)C2)=C1N(C)CCN(C)C. The van der Waals surface area contributed by atoms with Crippen molar-refractivity contribution in [1.82, 2.24) is 24.9 Å². The van der Waals surface area contributed by atoms with Gasteiger partial charge < -0.3 is 24.9 Å². The van der Waals surface area contributed by atoms with Crippen LogP contribution in [0, 0.1) is 51.4 Å². The third-order valence-corrected chi connectivity index (χ3v) is 9.40. The maximum atomic E-state index is 9.81. The van der Waals surface area contributed by atoms with E-state index in [2.05, 4.69) is 118 Å². The van der Waals surface area contributed by atoms with Gasteiger partial charge in [0.2, 0.25) is 0 Å². The average Bonchev–Trinajstić information content (AvgIpc) is 3.00. The zero-order valence-corrected chi connectivity index (χ0v) is 31.7. The molecule has 0 aromatic rings. The fourth-order valence-corrected chi connectivity index (χ4v) is 7.06. The van der Waals surface area contributed by atoms with E-state index in [1.54, 1.807) is 0 Å². The van der Waals surface area contributed by atoms with Gasteiger partial charge >= 0.3 is 0 Å². The Labute approximate surface area is 292 Å². The van der Waals surface area contributed by atoms with E-state index in [9.17, 15) is 15.8 Å². The largest absolute Gasteiger partial charge is 0.387 e. The Balaban J connectivity index is 2.12. The lowest BCUT2D eigenvalue weighted by atomic mass is 9.71. The lowest BCUT2D eigenvalue weighted by molar-refractivity contribution is 0.286. The van der Waals surface area contributed by atoms with Crippen molar-refractivity contribution in [2.24, 2.45) is 10.8 Å². The van der Waals surface area contributed by atoms with Crippen LogP contribution in [0.25, 0.3) is 4.85 Å². The zero-order valence-electron chi connectivity index (χ0n) is 31.7. The summed E-state index contributed by atoms with van der Waals surface area (Å²) in [5.74, 6) is 0. The van der Waals surface area contributed by atoms with Crippen LogP contribution in [0.1, 0.15) is 91.9 Å². The second-order valence-corrected chi connectivity index (χ2v) is 15.8. The van der Waals surface area contributed by atoms with Gasteiger partial charge in [0.25, 0.3) is 5.70 Å². The summed E-state index contributed by atoms with van der Waals surface area (Å²) in [6, 6.07) is 6.56. The van der Waals surface area contributed by atoms with Crippen LogP contribution < -0.4 is 5.32 Å². The van der Waals surface area contributed by atoms with Gasteiger partial charge in [0.05, 0.1) is 12.6 Å². The molecule has 0 bridgehead atoms. The molecule has 0 aromatic carbocycles. The van der Waals surface area contributed by atoms with E-state index in [4.69, 9.17) is 6.57 Å². The van der Waals surface area contributed by atoms with Crippen molar-refractivity contribution < 1.29 is 0 Å². The van der Waals surface area contributed by atoms with Crippen LogP contribution in [-0.2, 0) is 0 Å². The lowest BCUT2D eigenvalue weighted by Crippen LogP contribution is -2.36. The van der Waals surface area contributed by atoms with Crippen molar-refractivity contribution in [3.63, 3.8) is 0 Å². The van der Waals surface area contributed by atoms with Crippen molar-refractivity contribution in [2.75, 3.05) is 75.0 Å². The first kappa shape index (κ1) is 40.4. The number of likely N-dealkylation sites (N-methyl/N-ethyl adjacent to an activating group) is 4. The molecule has 0 aliphatic heterocycles. The van der Waals surface area contributed by atoms with Crippen LogP contribution in [0.3, 0.4) is 0 Å². The van der Waals surface area contributed by atoms with Crippen molar-refractivity contribution in [2.45, 2.75) is 91.9 Å². The van der Waals surface area contributed by atoms with Crippen LogP contribution in [0.15, 0.2) is 45.1 Å². The van der Waals surface area contributed by atoms with Crippen LogP contribution in [0.4, 0.5) is 0 Å². The summed E-state index contributed by atoms with van der Waals surface area (Å²) in [5, 5.41) is 33.2. The molecule has 0 atom stereocenters. The monoisotopic (exact) mass is 656 g/mol. The molecule has 1 N–H and O–H groups in total. The molecular formula is C39H61N9. The molecule has 0 saturated heterocycles. The summed E-state index contributed by atoms with van der Waals surface area (Å²) in [6.07, 6.45) is 9.89. The number of allylic oxidation sites excluding steroid dienone is 6. The topological polar surface area (TPSA) is 101 Å². The Morgan fingerprint density at radius 3 is 1.75 bits per heavy atom. The fraction of sp³-hybridized carbons (Fsp3) is 0.692. The first-order valence-corrected chi connectivity index (χ1v) is 17.5. The molecule has 48 heavy (non-hydrogen) atoms. The predicted octanol–water partition coefficient (Wildman–Crippen LogP) is 7.05.